The van der Waals surface area contributed by atoms with Crippen molar-refractivity contribution in [3.05, 3.63) is 339 Å². The Morgan fingerprint density at radius 3 is 1.01 bits per heavy atom. The minimum Gasteiger partial charge on any atom is -0.478 e. The molecule has 4 heterocycles. The highest BCUT2D eigenvalue weighted by molar-refractivity contribution is 6.07. The molecular formula is C81H61F9N8O6. The minimum absolute atomic E-state index is 0.0921. The van der Waals surface area contributed by atoms with E-state index in [4.69, 9.17) is 5.11 Å². The number of aromatic carboxylic acids is 1. The molecule has 9 N–H and O–H groups in total. The molecule has 0 spiro atoms. The largest absolute Gasteiger partial charge is 0.478 e. The van der Waals surface area contributed by atoms with Gasteiger partial charge in [0.2, 0.25) is 0 Å². The summed E-state index contributed by atoms with van der Waals surface area (Å²) >= 11 is 0. The zero-order valence-corrected chi connectivity index (χ0v) is 55.0. The van der Waals surface area contributed by atoms with E-state index in [1.54, 1.807) is 72.8 Å². The summed E-state index contributed by atoms with van der Waals surface area (Å²) in [4.78, 5) is 72.3. The van der Waals surface area contributed by atoms with Crippen LogP contribution in [0, 0.1) is 52.4 Å². The molecule has 4 aromatic heterocycles. The average Bonchev–Trinajstić information content (AvgIpc) is 1.42. The van der Waals surface area contributed by atoms with Gasteiger partial charge in [-0.2, -0.15) is 0 Å². The summed E-state index contributed by atoms with van der Waals surface area (Å²) in [6.07, 6.45) is 2.45. The number of fused-ring (bicyclic) bond motifs is 4. The third-order valence-corrected chi connectivity index (χ3v) is 16.4. The summed E-state index contributed by atoms with van der Waals surface area (Å²) in [5.74, 6) is -6.68. The Kier molecular flexibility index (Phi) is 22.5. The molecule has 10 aromatic carbocycles. The summed E-state index contributed by atoms with van der Waals surface area (Å²) in [7, 11) is 0. The van der Waals surface area contributed by atoms with Crippen molar-refractivity contribution in [1.29, 1.82) is 0 Å². The van der Waals surface area contributed by atoms with Crippen LogP contribution in [0.15, 0.2) is 225 Å². The molecule has 0 aliphatic rings. The van der Waals surface area contributed by atoms with Crippen molar-refractivity contribution in [2.45, 2.75) is 39.5 Å². The molecule has 104 heavy (non-hydrogen) atoms. The molecule has 0 fully saturated rings. The third-order valence-electron chi connectivity index (χ3n) is 16.4. The topological polar surface area (TPSA) is 217 Å². The fourth-order valence-corrected chi connectivity index (χ4v) is 11.4. The zero-order chi connectivity index (χ0) is 73.7. The molecule has 14 rings (SSSR count). The molecule has 0 radical (unpaired) electrons. The van der Waals surface area contributed by atoms with Gasteiger partial charge < -0.3 is 46.3 Å². The van der Waals surface area contributed by atoms with Crippen molar-refractivity contribution >= 4 is 79.3 Å². The first-order valence-corrected chi connectivity index (χ1v) is 32.1. The number of benzene rings is 10. The molecule has 0 saturated carbocycles. The highest BCUT2D eigenvalue weighted by atomic mass is 19.2. The van der Waals surface area contributed by atoms with E-state index < -0.39 is 41.1 Å². The van der Waals surface area contributed by atoms with Gasteiger partial charge in [-0.05, 0) is 179 Å². The molecule has 0 bridgehead atoms. The fourth-order valence-electron chi connectivity index (χ4n) is 11.4. The Morgan fingerprint density at radius 2 is 0.663 bits per heavy atom. The summed E-state index contributed by atoms with van der Waals surface area (Å²) in [5, 5.41) is 21.9. The number of aromatic nitrogens is 4. The van der Waals surface area contributed by atoms with Gasteiger partial charge in [0, 0.05) is 64.4 Å². The van der Waals surface area contributed by atoms with Crippen LogP contribution in [-0.4, -0.2) is 54.6 Å². The van der Waals surface area contributed by atoms with E-state index in [1.165, 1.54) is 121 Å². The number of carbonyl (C=O) groups is 5. The third kappa shape index (κ3) is 18.0. The van der Waals surface area contributed by atoms with Crippen LogP contribution >= 0.6 is 0 Å². The number of H-pyrrole nitrogens is 4. The maximum Gasteiger partial charge on any atom is 0.337 e. The Bertz CT molecular complexity index is 5550. The second-order valence-electron chi connectivity index (χ2n) is 23.8. The SMILES string of the molecule is C=Cc1cc(F)cc2cc(C(=O)NCc3cccc(F)c3)[nH]c12.CCc1ccc(-c2cc(F)cc3cc(C(=O)NCc4cccc(F)c4)[nH]c23)cc1.O=C(NCc1cccc(F)c1)c1cc2cc(F)cc(-c3ccc(F)cc3)c2[nH]1.O=C(NCc1cccc(F)c1)c1cc2cc(F)cc(C(=O)O)c2[nH]1. The van der Waals surface area contributed by atoms with Gasteiger partial charge in [0.05, 0.1) is 27.6 Å². The molecular weight excluding hydrogens is 1350 g/mol. The quantitative estimate of drug-likeness (QED) is 0.0404. The first kappa shape index (κ1) is 72.1. The zero-order valence-electron chi connectivity index (χ0n) is 55.0. The van der Waals surface area contributed by atoms with Crippen LogP contribution in [0.2, 0.25) is 0 Å². The standard InChI is InChI=1S/C24H20F2N2O.C22H15F3N2O.C18H14F2N2O.C17H12F2N2O3/c1-2-15-6-8-17(9-7-15)21-13-20(26)11-18-12-22(28-23(18)21)24(29)27-14-16-4-3-5-19(25)10-16;23-16-6-4-14(5-7-16)19-11-18(25)9-15-10-20(27-21(15)19)22(28)26-12-13-2-1-3-17(24)8-13;1-2-12-7-15(20)8-13-9-16(22-17(12)13)18(23)21-10-11-4-3-5-14(19)6-11;18-11-3-1-2-9(4-11)8-20-16(22)14-6-10-5-12(19)7-13(17(23)24)15(10)21-14/h3-13,28H,2,14H2,1H3,(H,27,29);1-11,27H,12H2,(H,26,28);2-9,22H,1,10H2,(H,21,23);1-7,21H,8H2,(H,20,22)(H,23,24). The number of carboxylic acid groups (broad SMARTS) is 1. The van der Waals surface area contributed by atoms with Crippen molar-refractivity contribution in [3.63, 3.8) is 0 Å². The number of rotatable bonds is 17. The molecule has 14 aromatic rings. The molecule has 4 amide bonds. The Balaban J connectivity index is 0.000000139. The number of nitrogens with one attached hydrogen (secondary N) is 8. The van der Waals surface area contributed by atoms with Gasteiger partial charge >= 0.3 is 5.97 Å². The Hall–Kier alpha value is -13.2. The summed E-state index contributed by atoms with van der Waals surface area (Å²) in [5.41, 5.74) is 9.86. The maximum atomic E-state index is 14.2. The van der Waals surface area contributed by atoms with Gasteiger partial charge in [0.15, 0.2) is 0 Å². The number of hydrogen-bond donors (Lipinski definition) is 9. The lowest BCUT2D eigenvalue weighted by Gasteiger charge is -2.06. The van der Waals surface area contributed by atoms with Gasteiger partial charge in [-0.25, -0.2) is 44.3 Å². The molecule has 524 valence electrons. The average molecular weight is 1410 g/mol. The van der Waals surface area contributed by atoms with Crippen LogP contribution < -0.4 is 21.3 Å². The van der Waals surface area contributed by atoms with E-state index in [2.05, 4.69) is 54.7 Å². The van der Waals surface area contributed by atoms with Crippen LogP contribution in [0.1, 0.15) is 92.6 Å². The van der Waals surface area contributed by atoms with E-state index in [1.807, 2.05) is 24.3 Å². The molecule has 0 saturated heterocycles. The maximum absolute atomic E-state index is 14.2. The summed E-state index contributed by atoms with van der Waals surface area (Å²) in [6.45, 7) is 6.38. The second kappa shape index (κ2) is 32.4. The van der Waals surface area contributed by atoms with Crippen molar-refractivity contribution in [2.24, 2.45) is 0 Å². The lowest BCUT2D eigenvalue weighted by molar-refractivity contribution is 0.0696. The lowest BCUT2D eigenvalue weighted by atomic mass is 10.0. The minimum atomic E-state index is -1.30. The Morgan fingerprint density at radius 1 is 0.346 bits per heavy atom. The first-order valence-electron chi connectivity index (χ1n) is 32.1. The van der Waals surface area contributed by atoms with Crippen LogP contribution in [0.4, 0.5) is 39.5 Å². The van der Waals surface area contributed by atoms with Gasteiger partial charge in [-0.3, -0.25) is 19.2 Å². The molecule has 0 atom stereocenters. The monoisotopic (exact) mass is 1410 g/mol. The number of aryl methyl sites for hydroxylation is 1. The number of halogens is 9. The van der Waals surface area contributed by atoms with Crippen molar-refractivity contribution in [1.82, 2.24) is 41.2 Å². The predicted molar refractivity (Wildman–Crippen MR) is 381 cm³/mol. The second-order valence-corrected chi connectivity index (χ2v) is 23.8. The summed E-state index contributed by atoms with van der Waals surface area (Å²) < 4.78 is 121. The number of carbonyl (C=O) groups excluding carboxylic acids is 4. The molecule has 14 nitrogen and oxygen atoms in total. The van der Waals surface area contributed by atoms with Crippen LogP contribution in [0.3, 0.4) is 0 Å². The number of hydrogen-bond acceptors (Lipinski definition) is 5. The molecule has 0 unspecified atom stereocenters. The van der Waals surface area contributed by atoms with Crippen LogP contribution in [0.25, 0.3) is 71.9 Å². The fraction of sp³-hybridized carbons (Fsp3) is 0.0741. The van der Waals surface area contributed by atoms with E-state index in [0.717, 1.165) is 24.1 Å². The molecule has 23 heteroatoms. The van der Waals surface area contributed by atoms with E-state index >= 15 is 0 Å². The lowest BCUT2D eigenvalue weighted by Crippen LogP contribution is -2.23. The van der Waals surface area contributed by atoms with Gasteiger partial charge in [-0.15, -0.1) is 0 Å². The van der Waals surface area contributed by atoms with Crippen molar-refractivity contribution in [3.8, 4) is 22.3 Å². The van der Waals surface area contributed by atoms with E-state index in [9.17, 15) is 63.5 Å². The highest BCUT2D eigenvalue weighted by Crippen LogP contribution is 2.33. The summed E-state index contributed by atoms with van der Waals surface area (Å²) in [6, 6.07) is 53.8. The van der Waals surface area contributed by atoms with E-state index in [-0.39, 0.29) is 94.9 Å². The van der Waals surface area contributed by atoms with E-state index in [0.29, 0.717) is 88.6 Å². The van der Waals surface area contributed by atoms with Gasteiger partial charge in [-0.1, -0.05) is 105 Å². The number of amides is 4. The van der Waals surface area contributed by atoms with Gasteiger partial charge in [0.25, 0.3) is 23.6 Å². The first-order chi connectivity index (χ1) is 50.0. The number of aromatic amines is 4. The van der Waals surface area contributed by atoms with Crippen molar-refractivity contribution < 1.29 is 68.6 Å². The van der Waals surface area contributed by atoms with Gasteiger partial charge in [0.1, 0.15) is 75.1 Å². The van der Waals surface area contributed by atoms with Crippen LogP contribution in [0.5, 0.6) is 0 Å². The van der Waals surface area contributed by atoms with Crippen LogP contribution in [-0.2, 0) is 32.6 Å². The molecule has 0 aliphatic carbocycles. The smallest absolute Gasteiger partial charge is 0.337 e. The highest BCUT2D eigenvalue weighted by Gasteiger charge is 2.20. The molecule has 0 aliphatic heterocycles. The van der Waals surface area contributed by atoms with Crippen molar-refractivity contribution in [2.75, 3.05) is 0 Å². The number of carboxylic acids is 1. The predicted octanol–water partition coefficient (Wildman–Crippen LogP) is 17.9. The normalized spacial score (nSPS) is 10.9. The Labute approximate surface area is 587 Å².